The lowest BCUT2D eigenvalue weighted by Crippen LogP contribution is -2.29. The van der Waals surface area contributed by atoms with Crippen molar-refractivity contribution in [1.82, 2.24) is 4.98 Å². The van der Waals surface area contributed by atoms with E-state index in [1.54, 1.807) is 0 Å². The molecule has 3 heteroatoms. The second-order valence-corrected chi connectivity index (χ2v) is 5.74. The fourth-order valence-electron chi connectivity index (χ4n) is 2.98. The molecule has 0 saturated heterocycles. The smallest absolute Gasteiger partial charge is 0.0646 e. The number of para-hydroxylation sites is 1. The van der Waals surface area contributed by atoms with E-state index in [4.69, 9.17) is 5.73 Å². The van der Waals surface area contributed by atoms with Crippen LogP contribution in [-0.4, -0.2) is 11.0 Å². The number of anilines is 2. The summed E-state index contributed by atoms with van der Waals surface area (Å²) in [5.74, 6) is 0. The number of pyridine rings is 1. The number of nitrogens with zero attached hydrogens (tertiary/aromatic N) is 2. The van der Waals surface area contributed by atoms with E-state index in [0.717, 1.165) is 35.5 Å². The maximum absolute atomic E-state index is 6.13. The molecule has 0 amide bonds. The van der Waals surface area contributed by atoms with Crippen molar-refractivity contribution in [2.24, 2.45) is 0 Å². The van der Waals surface area contributed by atoms with Gasteiger partial charge in [0.2, 0.25) is 0 Å². The lowest BCUT2D eigenvalue weighted by Gasteiger charge is -2.25. The van der Waals surface area contributed by atoms with Crippen molar-refractivity contribution >= 4 is 11.4 Å². The highest BCUT2D eigenvalue weighted by Crippen LogP contribution is 2.33. The standard InChI is InChI=1S/C17H21N3/c1-11-9-19-15(13(3)17(11)18)10-20-12(2)8-14-6-4-5-7-16(14)20/h4-7,9,12H,8,10H2,1-3H3,(H2,18,19). The van der Waals surface area contributed by atoms with E-state index in [1.807, 2.05) is 13.1 Å². The van der Waals surface area contributed by atoms with Crippen LogP contribution in [0.3, 0.4) is 0 Å². The van der Waals surface area contributed by atoms with Crippen LogP contribution in [0.4, 0.5) is 11.4 Å². The number of benzene rings is 1. The normalized spacial score (nSPS) is 17.4. The van der Waals surface area contributed by atoms with Gasteiger partial charge in [0, 0.05) is 23.6 Å². The molecule has 0 fully saturated rings. The van der Waals surface area contributed by atoms with Crippen molar-refractivity contribution in [3.05, 3.63) is 52.8 Å². The van der Waals surface area contributed by atoms with Crippen molar-refractivity contribution in [3.63, 3.8) is 0 Å². The summed E-state index contributed by atoms with van der Waals surface area (Å²) in [6, 6.07) is 9.15. The third kappa shape index (κ3) is 2.03. The van der Waals surface area contributed by atoms with Crippen LogP contribution in [0.25, 0.3) is 0 Å². The van der Waals surface area contributed by atoms with Gasteiger partial charge in [-0.15, -0.1) is 0 Å². The lowest BCUT2D eigenvalue weighted by molar-refractivity contribution is 0.663. The molecule has 1 aliphatic rings. The first-order valence-electron chi connectivity index (χ1n) is 7.13. The molecule has 2 N–H and O–H groups in total. The van der Waals surface area contributed by atoms with Gasteiger partial charge in [-0.1, -0.05) is 18.2 Å². The first-order chi connectivity index (χ1) is 9.58. The second kappa shape index (κ2) is 4.82. The minimum atomic E-state index is 0.510. The summed E-state index contributed by atoms with van der Waals surface area (Å²) in [5.41, 5.74) is 13.0. The van der Waals surface area contributed by atoms with Crippen molar-refractivity contribution in [1.29, 1.82) is 0 Å². The van der Waals surface area contributed by atoms with Crippen LogP contribution < -0.4 is 10.6 Å². The van der Waals surface area contributed by atoms with Gasteiger partial charge in [0.1, 0.15) is 0 Å². The molecule has 1 aromatic heterocycles. The highest BCUT2D eigenvalue weighted by atomic mass is 15.2. The fourth-order valence-corrected chi connectivity index (χ4v) is 2.98. The van der Waals surface area contributed by atoms with Gasteiger partial charge < -0.3 is 10.6 Å². The summed E-state index contributed by atoms with van der Waals surface area (Å²) < 4.78 is 0. The summed E-state index contributed by atoms with van der Waals surface area (Å²) in [4.78, 5) is 7.02. The maximum Gasteiger partial charge on any atom is 0.0646 e. The van der Waals surface area contributed by atoms with E-state index in [-0.39, 0.29) is 0 Å². The zero-order valence-electron chi connectivity index (χ0n) is 12.4. The summed E-state index contributed by atoms with van der Waals surface area (Å²) in [6.45, 7) is 7.17. The van der Waals surface area contributed by atoms with E-state index in [1.165, 1.54) is 11.3 Å². The molecule has 1 aromatic carbocycles. The van der Waals surface area contributed by atoms with E-state index in [9.17, 15) is 0 Å². The molecule has 1 atom stereocenters. The van der Waals surface area contributed by atoms with E-state index in [2.05, 4.69) is 48.0 Å². The van der Waals surface area contributed by atoms with Gasteiger partial charge >= 0.3 is 0 Å². The summed E-state index contributed by atoms with van der Waals surface area (Å²) >= 11 is 0. The third-order valence-electron chi connectivity index (χ3n) is 4.34. The van der Waals surface area contributed by atoms with Crippen LogP contribution in [-0.2, 0) is 13.0 Å². The Labute approximate surface area is 120 Å². The molecule has 3 nitrogen and oxygen atoms in total. The van der Waals surface area contributed by atoms with Gasteiger partial charge in [-0.2, -0.15) is 0 Å². The van der Waals surface area contributed by atoms with E-state index < -0.39 is 0 Å². The van der Waals surface area contributed by atoms with Crippen LogP contribution in [0, 0.1) is 13.8 Å². The highest BCUT2D eigenvalue weighted by Gasteiger charge is 2.26. The van der Waals surface area contributed by atoms with Gasteiger partial charge in [-0.05, 0) is 49.9 Å². The monoisotopic (exact) mass is 267 g/mol. The minimum Gasteiger partial charge on any atom is -0.398 e. The maximum atomic E-state index is 6.13. The average Bonchev–Trinajstić information content (AvgIpc) is 2.76. The van der Waals surface area contributed by atoms with Crippen molar-refractivity contribution < 1.29 is 0 Å². The number of hydrogen-bond donors (Lipinski definition) is 1. The minimum absolute atomic E-state index is 0.510. The summed E-state index contributed by atoms with van der Waals surface area (Å²) in [5, 5.41) is 0. The Bertz CT molecular complexity index is 649. The van der Waals surface area contributed by atoms with Crippen LogP contribution in [0.2, 0.25) is 0 Å². The molecule has 2 heterocycles. The van der Waals surface area contributed by atoms with Crippen molar-refractivity contribution in [3.8, 4) is 0 Å². The molecule has 2 aromatic rings. The Morgan fingerprint density at radius 3 is 2.85 bits per heavy atom. The number of aryl methyl sites for hydroxylation is 1. The van der Waals surface area contributed by atoms with Crippen LogP contribution in [0.5, 0.6) is 0 Å². The molecule has 0 radical (unpaired) electrons. The predicted molar refractivity (Wildman–Crippen MR) is 83.9 cm³/mol. The van der Waals surface area contributed by atoms with Gasteiger partial charge in [0.05, 0.1) is 12.2 Å². The SMILES string of the molecule is Cc1cnc(CN2c3ccccc3CC2C)c(C)c1N. The number of nitrogen functional groups attached to an aromatic ring is 1. The van der Waals surface area contributed by atoms with Crippen LogP contribution >= 0.6 is 0 Å². The largest absolute Gasteiger partial charge is 0.398 e. The molecular weight excluding hydrogens is 246 g/mol. The Morgan fingerprint density at radius 1 is 1.30 bits per heavy atom. The molecule has 0 saturated carbocycles. The molecule has 1 unspecified atom stereocenters. The van der Waals surface area contributed by atoms with Gasteiger partial charge in [0.15, 0.2) is 0 Å². The Kier molecular flexibility index (Phi) is 3.13. The Hall–Kier alpha value is -2.03. The third-order valence-corrected chi connectivity index (χ3v) is 4.34. The van der Waals surface area contributed by atoms with E-state index in [0.29, 0.717) is 6.04 Å². The van der Waals surface area contributed by atoms with E-state index >= 15 is 0 Å². The predicted octanol–water partition coefficient (Wildman–Crippen LogP) is 3.23. The topological polar surface area (TPSA) is 42.2 Å². The molecule has 3 rings (SSSR count). The number of hydrogen-bond acceptors (Lipinski definition) is 3. The Balaban J connectivity index is 1.94. The lowest BCUT2D eigenvalue weighted by atomic mass is 10.1. The molecule has 20 heavy (non-hydrogen) atoms. The van der Waals surface area contributed by atoms with Crippen LogP contribution in [0.15, 0.2) is 30.5 Å². The molecule has 0 bridgehead atoms. The summed E-state index contributed by atoms with van der Waals surface area (Å²) in [6.07, 6.45) is 2.99. The Morgan fingerprint density at radius 2 is 2.05 bits per heavy atom. The van der Waals surface area contributed by atoms with Gasteiger partial charge in [-0.25, -0.2) is 0 Å². The second-order valence-electron chi connectivity index (χ2n) is 5.74. The zero-order chi connectivity index (χ0) is 14.3. The quantitative estimate of drug-likeness (QED) is 0.908. The van der Waals surface area contributed by atoms with Crippen LogP contribution in [0.1, 0.15) is 29.3 Å². The molecule has 1 aliphatic heterocycles. The first-order valence-corrected chi connectivity index (χ1v) is 7.13. The average molecular weight is 267 g/mol. The first kappa shape index (κ1) is 13.0. The molecule has 0 aliphatic carbocycles. The molecule has 104 valence electrons. The number of nitrogens with two attached hydrogens (primary N) is 1. The number of fused-ring (bicyclic) bond motifs is 1. The number of aromatic nitrogens is 1. The number of rotatable bonds is 2. The highest BCUT2D eigenvalue weighted by molar-refractivity contribution is 5.60. The van der Waals surface area contributed by atoms with Crippen molar-refractivity contribution in [2.45, 2.75) is 39.8 Å². The molecular formula is C17H21N3. The van der Waals surface area contributed by atoms with Gasteiger partial charge in [-0.3, -0.25) is 4.98 Å². The molecule has 0 spiro atoms. The van der Waals surface area contributed by atoms with Crippen molar-refractivity contribution in [2.75, 3.05) is 10.6 Å². The zero-order valence-corrected chi connectivity index (χ0v) is 12.4. The summed E-state index contributed by atoms with van der Waals surface area (Å²) in [7, 11) is 0. The van der Waals surface area contributed by atoms with Gasteiger partial charge in [0.25, 0.3) is 0 Å². The fraction of sp³-hybridized carbons (Fsp3) is 0.353.